The third-order valence-corrected chi connectivity index (χ3v) is 3.19. The fraction of sp³-hybridized carbons (Fsp3) is 0.500. The molecule has 0 aliphatic rings. The number of hydrogen-bond acceptors (Lipinski definition) is 5. The topological polar surface area (TPSA) is 112 Å². The zero-order chi connectivity index (χ0) is 13.5. The van der Waals surface area contributed by atoms with Crippen molar-refractivity contribution in [3.63, 3.8) is 0 Å². The Kier molecular flexibility index (Phi) is 5.53. The van der Waals surface area contributed by atoms with Gasteiger partial charge in [0.25, 0.3) is 0 Å². The van der Waals surface area contributed by atoms with Gasteiger partial charge in [0, 0.05) is 24.0 Å². The molecule has 4 N–H and O–H groups in total. The van der Waals surface area contributed by atoms with Gasteiger partial charge in [0.1, 0.15) is 0 Å². The van der Waals surface area contributed by atoms with Crippen LogP contribution >= 0.6 is 11.3 Å². The first-order chi connectivity index (χ1) is 8.50. The maximum atomic E-state index is 11.3. The maximum Gasteiger partial charge on any atom is 0.334 e. The lowest BCUT2D eigenvalue weighted by atomic mass is 10.2. The molecule has 100 valence electrons. The Balaban J connectivity index is 2.23. The van der Waals surface area contributed by atoms with E-state index in [0.717, 1.165) is 5.01 Å². The molecule has 7 nitrogen and oxygen atoms in total. The number of carboxylic acids is 1. The maximum absolute atomic E-state index is 11.3. The SMILES string of the molecule is CC(CNC(=O)NC[C@H](O)C(=O)O)c1nccs1. The summed E-state index contributed by atoms with van der Waals surface area (Å²) >= 11 is 1.50. The van der Waals surface area contributed by atoms with Gasteiger partial charge in [0.15, 0.2) is 6.10 Å². The molecule has 2 amide bonds. The lowest BCUT2D eigenvalue weighted by Crippen LogP contribution is -2.42. The van der Waals surface area contributed by atoms with Crippen LogP contribution < -0.4 is 10.6 Å². The summed E-state index contributed by atoms with van der Waals surface area (Å²) in [5, 5.41) is 25.0. The molecule has 2 atom stereocenters. The van der Waals surface area contributed by atoms with Crippen LogP contribution in [-0.2, 0) is 4.79 Å². The molecule has 0 radical (unpaired) electrons. The summed E-state index contributed by atoms with van der Waals surface area (Å²) in [6.07, 6.45) is 0.104. The highest BCUT2D eigenvalue weighted by Crippen LogP contribution is 2.16. The lowest BCUT2D eigenvalue weighted by Gasteiger charge is -2.12. The quantitative estimate of drug-likeness (QED) is 0.582. The molecule has 8 heteroatoms. The van der Waals surface area contributed by atoms with Crippen molar-refractivity contribution in [1.29, 1.82) is 0 Å². The summed E-state index contributed by atoms with van der Waals surface area (Å²) < 4.78 is 0. The molecule has 1 aromatic heterocycles. The zero-order valence-corrected chi connectivity index (χ0v) is 10.6. The molecule has 0 saturated heterocycles. The lowest BCUT2D eigenvalue weighted by molar-refractivity contribution is -0.146. The van der Waals surface area contributed by atoms with Crippen LogP contribution in [0, 0.1) is 0 Å². The van der Waals surface area contributed by atoms with Crippen LogP contribution in [0.5, 0.6) is 0 Å². The third-order valence-electron chi connectivity index (χ3n) is 2.18. The molecule has 0 saturated carbocycles. The van der Waals surface area contributed by atoms with Gasteiger partial charge in [-0.1, -0.05) is 6.92 Å². The number of urea groups is 1. The number of hydrogen-bond donors (Lipinski definition) is 4. The van der Waals surface area contributed by atoms with Crippen LogP contribution in [0.15, 0.2) is 11.6 Å². The number of thiazole rings is 1. The van der Waals surface area contributed by atoms with E-state index in [1.54, 1.807) is 6.20 Å². The Morgan fingerprint density at radius 2 is 2.11 bits per heavy atom. The average Bonchev–Trinajstić information content (AvgIpc) is 2.86. The molecule has 0 aromatic carbocycles. The summed E-state index contributed by atoms with van der Waals surface area (Å²) in [6.45, 7) is 1.99. The van der Waals surface area contributed by atoms with E-state index in [2.05, 4.69) is 15.6 Å². The van der Waals surface area contributed by atoms with E-state index in [0.29, 0.717) is 6.54 Å². The van der Waals surface area contributed by atoms with Crippen LogP contribution in [0.2, 0.25) is 0 Å². The van der Waals surface area contributed by atoms with Gasteiger partial charge in [0.2, 0.25) is 0 Å². The van der Waals surface area contributed by atoms with Gasteiger partial charge in [-0.2, -0.15) is 0 Å². The average molecular weight is 273 g/mol. The van der Waals surface area contributed by atoms with Gasteiger partial charge in [-0.3, -0.25) is 0 Å². The summed E-state index contributed by atoms with van der Waals surface area (Å²) in [6, 6.07) is -0.515. The predicted molar refractivity (Wildman–Crippen MR) is 65.6 cm³/mol. The Morgan fingerprint density at radius 1 is 1.44 bits per heavy atom. The second kappa shape index (κ2) is 6.92. The van der Waals surface area contributed by atoms with E-state index >= 15 is 0 Å². The van der Waals surface area contributed by atoms with Gasteiger partial charge in [-0.05, 0) is 0 Å². The largest absolute Gasteiger partial charge is 0.479 e. The van der Waals surface area contributed by atoms with Crippen LogP contribution in [-0.4, -0.2) is 46.4 Å². The first kappa shape index (κ1) is 14.4. The Labute approximate surface area is 108 Å². The molecule has 1 heterocycles. The smallest absolute Gasteiger partial charge is 0.334 e. The van der Waals surface area contributed by atoms with Gasteiger partial charge >= 0.3 is 12.0 Å². The van der Waals surface area contributed by atoms with Crippen molar-refractivity contribution < 1.29 is 19.8 Å². The number of rotatable bonds is 6. The summed E-state index contributed by atoms with van der Waals surface area (Å²) in [4.78, 5) is 25.7. The predicted octanol–water partition coefficient (Wildman–Crippen LogP) is -0.00870. The van der Waals surface area contributed by atoms with Crippen LogP contribution in [0.1, 0.15) is 17.8 Å². The van der Waals surface area contributed by atoms with Crippen molar-refractivity contribution in [2.24, 2.45) is 0 Å². The summed E-state index contributed by atoms with van der Waals surface area (Å²) in [7, 11) is 0. The number of carbonyl (C=O) groups excluding carboxylic acids is 1. The van der Waals surface area contributed by atoms with E-state index in [1.165, 1.54) is 11.3 Å². The van der Waals surface area contributed by atoms with Gasteiger partial charge < -0.3 is 20.8 Å². The number of nitrogens with one attached hydrogen (secondary N) is 2. The fourth-order valence-electron chi connectivity index (χ4n) is 1.15. The second-order valence-electron chi connectivity index (χ2n) is 3.72. The summed E-state index contributed by atoms with van der Waals surface area (Å²) in [5.41, 5.74) is 0. The highest BCUT2D eigenvalue weighted by molar-refractivity contribution is 7.09. The number of aliphatic hydroxyl groups excluding tert-OH is 1. The Bertz CT molecular complexity index is 396. The molecule has 1 unspecified atom stereocenters. The molecular formula is C10H15N3O4S. The minimum atomic E-state index is -1.59. The van der Waals surface area contributed by atoms with E-state index in [-0.39, 0.29) is 12.5 Å². The monoisotopic (exact) mass is 273 g/mol. The first-order valence-electron chi connectivity index (χ1n) is 5.32. The van der Waals surface area contributed by atoms with E-state index < -0.39 is 18.1 Å². The molecule has 0 aliphatic heterocycles. The van der Waals surface area contributed by atoms with Crippen LogP contribution in [0.4, 0.5) is 4.79 Å². The van der Waals surface area contributed by atoms with Crippen molar-refractivity contribution in [2.75, 3.05) is 13.1 Å². The minimum Gasteiger partial charge on any atom is -0.479 e. The van der Waals surface area contributed by atoms with Gasteiger partial charge in [-0.25, -0.2) is 14.6 Å². The van der Waals surface area contributed by atoms with Crippen molar-refractivity contribution in [3.8, 4) is 0 Å². The number of aromatic nitrogens is 1. The van der Waals surface area contributed by atoms with Crippen LogP contribution in [0.3, 0.4) is 0 Å². The molecule has 1 aromatic rings. The molecule has 0 aliphatic carbocycles. The highest BCUT2D eigenvalue weighted by atomic mass is 32.1. The minimum absolute atomic E-state index is 0.0835. The van der Waals surface area contributed by atoms with Crippen LogP contribution in [0.25, 0.3) is 0 Å². The number of amides is 2. The Hall–Kier alpha value is -1.67. The number of carbonyl (C=O) groups is 2. The normalized spacial score (nSPS) is 13.7. The van der Waals surface area contributed by atoms with E-state index in [4.69, 9.17) is 10.2 Å². The molecule has 18 heavy (non-hydrogen) atoms. The summed E-state index contributed by atoms with van der Waals surface area (Å²) in [5.74, 6) is -1.29. The van der Waals surface area contributed by atoms with E-state index in [1.807, 2.05) is 12.3 Å². The van der Waals surface area contributed by atoms with Crippen molar-refractivity contribution >= 4 is 23.3 Å². The molecule has 0 bridgehead atoms. The standard InChI is InChI=1S/C10H15N3O4S/c1-6(8-11-2-3-18-8)4-12-10(17)13-5-7(14)9(15)16/h2-3,6-7,14H,4-5H2,1H3,(H,15,16)(H2,12,13,17)/t6?,7-/m0/s1. The number of nitrogens with zero attached hydrogens (tertiary/aromatic N) is 1. The zero-order valence-electron chi connectivity index (χ0n) is 9.79. The number of aliphatic carboxylic acids is 1. The van der Waals surface area contributed by atoms with Crippen molar-refractivity contribution in [3.05, 3.63) is 16.6 Å². The molecular weight excluding hydrogens is 258 g/mol. The number of carboxylic acid groups (broad SMARTS) is 1. The molecule has 0 spiro atoms. The van der Waals surface area contributed by atoms with E-state index in [9.17, 15) is 9.59 Å². The fourth-order valence-corrected chi connectivity index (χ4v) is 1.85. The van der Waals surface area contributed by atoms with Gasteiger partial charge in [-0.15, -0.1) is 11.3 Å². The van der Waals surface area contributed by atoms with Crippen molar-refractivity contribution in [1.82, 2.24) is 15.6 Å². The number of aliphatic hydroxyl groups is 1. The highest BCUT2D eigenvalue weighted by Gasteiger charge is 2.14. The Morgan fingerprint density at radius 3 is 2.67 bits per heavy atom. The third kappa shape index (κ3) is 4.68. The van der Waals surface area contributed by atoms with Crippen molar-refractivity contribution in [2.45, 2.75) is 18.9 Å². The second-order valence-corrected chi connectivity index (χ2v) is 4.64. The molecule has 0 fully saturated rings. The molecule has 1 rings (SSSR count). The van der Waals surface area contributed by atoms with Gasteiger partial charge in [0.05, 0.1) is 11.6 Å². The first-order valence-corrected chi connectivity index (χ1v) is 6.20.